The molecule has 0 atom stereocenters. The minimum atomic E-state index is 0.417. The van der Waals surface area contributed by atoms with E-state index in [2.05, 4.69) is 16.0 Å². The predicted molar refractivity (Wildman–Crippen MR) is 60.7 cm³/mol. The Morgan fingerprint density at radius 3 is 2.53 bits per heavy atom. The van der Waals surface area contributed by atoms with Crippen LogP contribution in [0.1, 0.15) is 12.6 Å². The summed E-state index contributed by atoms with van der Waals surface area (Å²) in [6.07, 6.45) is 0. The molecular formula is C11H9N3S. The minimum absolute atomic E-state index is 0.417. The Hall–Kier alpha value is -1.60. The third-order valence-electron chi connectivity index (χ3n) is 1.93. The van der Waals surface area contributed by atoms with Gasteiger partial charge in [-0.15, -0.1) is 11.8 Å². The molecule has 1 heterocycles. The van der Waals surface area contributed by atoms with Crippen LogP contribution in [0.25, 0.3) is 11.0 Å². The van der Waals surface area contributed by atoms with Crippen LogP contribution in [-0.2, 0) is 0 Å². The van der Waals surface area contributed by atoms with Crippen LogP contribution >= 0.6 is 11.8 Å². The predicted octanol–water partition coefficient (Wildman–Crippen LogP) is 2.61. The molecule has 0 aliphatic rings. The van der Waals surface area contributed by atoms with E-state index < -0.39 is 0 Å². The maximum absolute atomic E-state index is 8.94. The summed E-state index contributed by atoms with van der Waals surface area (Å²) < 4.78 is 0. The van der Waals surface area contributed by atoms with Gasteiger partial charge in [0.15, 0.2) is 5.69 Å². The highest BCUT2D eigenvalue weighted by Crippen LogP contribution is 2.21. The molecule has 15 heavy (non-hydrogen) atoms. The molecule has 1 aromatic carbocycles. The molecule has 2 aromatic rings. The van der Waals surface area contributed by atoms with Crippen LogP contribution in [0.2, 0.25) is 0 Å². The lowest BCUT2D eigenvalue weighted by Gasteiger charge is -2.02. The maximum atomic E-state index is 8.94. The third-order valence-corrected chi connectivity index (χ3v) is 2.77. The van der Waals surface area contributed by atoms with Gasteiger partial charge in [-0.25, -0.2) is 9.97 Å². The summed E-state index contributed by atoms with van der Waals surface area (Å²) in [6, 6.07) is 9.66. The number of benzene rings is 1. The summed E-state index contributed by atoms with van der Waals surface area (Å²) in [5.74, 6) is 0.891. The van der Waals surface area contributed by atoms with Gasteiger partial charge in [-0.1, -0.05) is 19.1 Å². The fraction of sp³-hybridized carbons (Fsp3) is 0.182. The monoisotopic (exact) mass is 215 g/mol. The molecule has 0 saturated heterocycles. The van der Waals surface area contributed by atoms with Crippen LogP contribution < -0.4 is 0 Å². The van der Waals surface area contributed by atoms with E-state index in [1.165, 1.54) is 0 Å². The molecule has 1 aromatic heterocycles. The van der Waals surface area contributed by atoms with E-state index in [0.717, 1.165) is 21.8 Å². The number of nitriles is 1. The molecular weight excluding hydrogens is 206 g/mol. The normalized spacial score (nSPS) is 10.1. The summed E-state index contributed by atoms with van der Waals surface area (Å²) in [6.45, 7) is 2.03. The van der Waals surface area contributed by atoms with E-state index in [0.29, 0.717) is 5.69 Å². The average Bonchev–Trinajstić information content (AvgIpc) is 2.28. The number of hydrogen-bond acceptors (Lipinski definition) is 4. The Labute approximate surface area is 92.2 Å². The molecule has 0 bridgehead atoms. The Kier molecular flexibility index (Phi) is 2.84. The standard InChI is InChI=1S/C11H9N3S/c1-2-15-11-10(7-12)13-8-5-3-4-6-9(8)14-11/h3-6H,2H2,1H3. The molecule has 2 rings (SSSR count). The zero-order valence-corrected chi connectivity index (χ0v) is 9.08. The average molecular weight is 215 g/mol. The van der Waals surface area contributed by atoms with Gasteiger partial charge in [0, 0.05) is 0 Å². The van der Waals surface area contributed by atoms with Crippen LogP contribution in [0.4, 0.5) is 0 Å². The number of thioether (sulfide) groups is 1. The molecule has 4 heteroatoms. The van der Waals surface area contributed by atoms with E-state index in [9.17, 15) is 0 Å². The van der Waals surface area contributed by atoms with Gasteiger partial charge >= 0.3 is 0 Å². The highest BCUT2D eigenvalue weighted by atomic mass is 32.2. The lowest BCUT2D eigenvalue weighted by atomic mass is 10.3. The highest BCUT2D eigenvalue weighted by Gasteiger charge is 2.07. The first-order valence-electron chi connectivity index (χ1n) is 4.65. The lowest BCUT2D eigenvalue weighted by molar-refractivity contribution is 1.08. The summed E-state index contributed by atoms with van der Waals surface area (Å²) in [5.41, 5.74) is 2.03. The largest absolute Gasteiger partial charge is 0.237 e. The Morgan fingerprint density at radius 1 is 1.27 bits per heavy atom. The summed E-state index contributed by atoms with van der Waals surface area (Å²) >= 11 is 1.55. The Balaban J connectivity index is 2.65. The number of para-hydroxylation sites is 2. The number of rotatable bonds is 2. The first-order chi connectivity index (χ1) is 7.35. The molecule has 3 nitrogen and oxygen atoms in total. The van der Waals surface area contributed by atoms with Gasteiger partial charge in [-0.05, 0) is 17.9 Å². The van der Waals surface area contributed by atoms with E-state index >= 15 is 0 Å². The number of nitrogens with zero attached hydrogens (tertiary/aromatic N) is 3. The Bertz CT molecular complexity index is 531. The quantitative estimate of drug-likeness (QED) is 0.722. The molecule has 0 aliphatic heterocycles. The van der Waals surface area contributed by atoms with Crippen molar-refractivity contribution in [3.05, 3.63) is 30.0 Å². The second-order valence-corrected chi connectivity index (χ2v) is 4.16. The van der Waals surface area contributed by atoms with Gasteiger partial charge in [0.05, 0.1) is 11.0 Å². The van der Waals surface area contributed by atoms with Crippen molar-refractivity contribution in [2.45, 2.75) is 11.9 Å². The molecule has 0 spiro atoms. The first-order valence-corrected chi connectivity index (χ1v) is 5.63. The van der Waals surface area contributed by atoms with Crippen molar-refractivity contribution in [3.63, 3.8) is 0 Å². The van der Waals surface area contributed by atoms with E-state index in [-0.39, 0.29) is 0 Å². The SMILES string of the molecule is CCSc1nc2ccccc2nc1C#N. The first kappa shape index (κ1) is 9.94. The van der Waals surface area contributed by atoms with Crippen LogP contribution in [0.5, 0.6) is 0 Å². The minimum Gasteiger partial charge on any atom is -0.237 e. The molecule has 0 fully saturated rings. The van der Waals surface area contributed by atoms with Gasteiger partial charge in [-0.3, -0.25) is 0 Å². The molecule has 74 valence electrons. The summed E-state index contributed by atoms with van der Waals surface area (Å²) in [4.78, 5) is 8.68. The molecule has 0 amide bonds. The van der Waals surface area contributed by atoms with Crippen LogP contribution in [0.3, 0.4) is 0 Å². The second kappa shape index (κ2) is 4.28. The van der Waals surface area contributed by atoms with Gasteiger partial charge in [0.25, 0.3) is 0 Å². The topological polar surface area (TPSA) is 49.6 Å². The van der Waals surface area contributed by atoms with E-state index in [1.54, 1.807) is 11.8 Å². The Morgan fingerprint density at radius 2 is 1.93 bits per heavy atom. The van der Waals surface area contributed by atoms with Gasteiger partial charge in [0.1, 0.15) is 11.1 Å². The third kappa shape index (κ3) is 1.92. The molecule has 0 radical (unpaired) electrons. The van der Waals surface area contributed by atoms with E-state index in [4.69, 9.17) is 5.26 Å². The van der Waals surface area contributed by atoms with Crippen LogP contribution in [-0.4, -0.2) is 15.7 Å². The molecule has 0 aliphatic carbocycles. The zero-order valence-electron chi connectivity index (χ0n) is 8.27. The maximum Gasteiger partial charge on any atom is 0.173 e. The number of fused-ring (bicyclic) bond motifs is 1. The molecule has 0 N–H and O–H groups in total. The summed E-state index contributed by atoms with van der Waals surface area (Å²) in [7, 11) is 0. The van der Waals surface area contributed by atoms with Gasteiger partial charge < -0.3 is 0 Å². The van der Waals surface area contributed by atoms with Gasteiger partial charge in [0.2, 0.25) is 0 Å². The van der Waals surface area contributed by atoms with Crippen molar-refractivity contribution in [3.8, 4) is 6.07 Å². The summed E-state index contributed by atoms with van der Waals surface area (Å²) in [5, 5.41) is 9.66. The molecule has 0 unspecified atom stereocenters. The highest BCUT2D eigenvalue weighted by molar-refractivity contribution is 7.99. The number of hydrogen-bond donors (Lipinski definition) is 0. The fourth-order valence-electron chi connectivity index (χ4n) is 1.29. The van der Waals surface area contributed by atoms with E-state index in [1.807, 2.05) is 31.2 Å². The molecule has 0 saturated carbocycles. The van der Waals surface area contributed by atoms with Crippen molar-refractivity contribution in [1.82, 2.24) is 9.97 Å². The zero-order chi connectivity index (χ0) is 10.7. The lowest BCUT2D eigenvalue weighted by Crippen LogP contribution is -1.93. The van der Waals surface area contributed by atoms with Crippen LogP contribution in [0.15, 0.2) is 29.3 Å². The van der Waals surface area contributed by atoms with Crippen molar-refractivity contribution in [2.24, 2.45) is 0 Å². The van der Waals surface area contributed by atoms with Crippen molar-refractivity contribution < 1.29 is 0 Å². The van der Waals surface area contributed by atoms with Crippen molar-refractivity contribution in [1.29, 1.82) is 5.26 Å². The second-order valence-electron chi connectivity index (χ2n) is 2.91. The fourth-order valence-corrected chi connectivity index (χ4v) is 1.96. The smallest absolute Gasteiger partial charge is 0.173 e. The van der Waals surface area contributed by atoms with Crippen molar-refractivity contribution in [2.75, 3.05) is 5.75 Å². The number of aromatic nitrogens is 2. The van der Waals surface area contributed by atoms with Crippen LogP contribution in [0, 0.1) is 11.3 Å². The van der Waals surface area contributed by atoms with Gasteiger partial charge in [-0.2, -0.15) is 5.26 Å². The van der Waals surface area contributed by atoms with Crippen molar-refractivity contribution >= 4 is 22.8 Å².